The van der Waals surface area contributed by atoms with Crippen molar-refractivity contribution in [2.45, 2.75) is 58.1 Å². The van der Waals surface area contributed by atoms with Gasteiger partial charge in [0, 0.05) is 30.0 Å². The molecule has 0 radical (unpaired) electrons. The normalized spacial score (nSPS) is 18.4. The molecule has 1 atom stereocenters. The SMILES string of the molecule is CC(C)(C)OC(=O)N[C@@H]1CC=C(Nc2ncc(F)c(-c3ccnc(N4CCCOC4=O)c3)n2)CC1. The van der Waals surface area contributed by atoms with Gasteiger partial charge in [0.1, 0.15) is 17.1 Å². The number of ether oxygens (including phenoxy) is 2. The molecule has 2 aromatic rings. The summed E-state index contributed by atoms with van der Waals surface area (Å²) in [5, 5.41) is 6.02. The van der Waals surface area contributed by atoms with Gasteiger partial charge in [-0.3, -0.25) is 4.90 Å². The molecule has 2 N–H and O–H groups in total. The van der Waals surface area contributed by atoms with Gasteiger partial charge >= 0.3 is 12.2 Å². The van der Waals surface area contributed by atoms with Gasteiger partial charge in [0.05, 0.1) is 12.8 Å². The minimum atomic E-state index is -0.590. The molecule has 3 heterocycles. The zero-order valence-corrected chi connectivity index (χ0v) is 20.0. The minimum Gasteiger partial charge on any atom is -0.449 e. The molecule has 10 nitrogen and oxygen atoms in total. The van der Waals surface area contributed by atoms with Crippen LogP contribution in [0.25, 0.3) is 11.3 Å². The van der Waals surface area contributed by atoms with Crippen molar-refractivity contribution < 1.29 is 23.5 Å². The van der Waals surface area contributed by atoms with E-state index in [1.54, 1.807) is 12.1 Å². The Hall–Kier alpha value is -3.76. The Balaban J connectivity index is 1.43. The number of amides is 2. The molecule has 4 rings (SSSR count). The molecule has 186 valence electrons. The first kappa shape index (κ1) is 24.4. The lowest BCUT2D eigenvalue weighted by atomic mass is 9.99. The van der Waals surface area contributed by atoms with Crippen molar-refractivity contribution in [3.05, 3.63) is 42.1 Å². The smallest absolute Gasteiger partial charge is 0.415 e. The second-order valence-electron chi connectivity index (χ2n) is 9.38. The van der Waals surface area contributed by atoms with Gasteiger partial charge in [-0.25, -0.2) is 28.9 Å². The van der Waals surface area contributed by atoms with Crippen molar-refractivity contribution in [3.63, 3.8) is 0 Å². The van der Waals surface area contributed by atoms with E-state index in [1.165, 1.54) is 11.1 Å². The number of aromatic nitrogens is 3. The maximum Gasteiger partial charge on any atom is 0.415 e. The highest BCUT2D eigenvalue weighted by atomic mass is 19.1. The number of rotatable bonds is 5. The van der Waals surface area contributed by atoms with Crippen LogP contribution in [-0.2, 0) is 9.47 Å². The number of hydrogen-bond donors (Lipinski definition) is 2. The summed E-state index contributed by atoms with van der Waals surface area (Å²) in [5.41, 5.74) is 0.898. The third kappa shape index (κ3) is 6.43. The summed E-state index contributed by atoms with van der Waals surface area (Å²) in [5.74, 6) is 0.0355. The fourth-order valence-corrected chi connectivity index (χ4v) is 3.80. The topological polar surface area (TPSA) is 119 Å². The maximum absolute atomic E-state index is 14.6. The number of hydrogen-bond acceptors (Lipinski definition) is 8. The molecule has 0 bridgehead atoms. The van der Waals surface area contributed by atoms with Crippen LogP contribution in [0, 0.1) is 5.82 Å². The van der Waals surface area contributed by atoms with Crippen LogP contribution in [0.2, 0.25) is 0 Å². The summed E-state index contributed by atoms with van der Waals surface area (Å²) >= 11 is 0. The Morgan fingerprint density at radius 2 is 2.14 bits per heavy atom. The van der Waals surface area contributed by atoms with Crippen LogP contribution >= 0.6 is 0 Å². The Morgan fingerprint density at radius 1 is 1.31 bits per heavy atom. The van der Waals surface area contributed by atoms with E-state index in [1.807, 2.05) is 26.8 Å². The molecule has 2 aromatic heterocycles. The molecule has 1 fully saturated rings. The highest BCUT2D eigenvalue weighted by Gasteiger charge is 2.24. The van der Waals surface area contributed by atoms with E-state index in [4.69, 9.17) is 9.47 Å². The van der Waals surface area contributed by atoms with Gasteiger partial charge in [-0.05, 0) is 58.6 Å². The van der Waals surface area contributed by atoms with Crippen LogP contribution in [-0.4, -0.2) is 51.9 Å². The molecule has 35 heavy (non-hydrogen) atoms. The van der Waals surface area contributed by atoms with E-state index in [0.717, 1.165) is 11.9 Å². The number of carbonyl (C=O) groups is 2. The van der Waals surface area contributed by atoms with Gasteiger partial charge in [-0.2, -0.15) is 0 Å². The molecule has 0 saturated carbocycles. The third-order valence-electron chi connectivity index (χ3n) is 5.42. The molecular formula is C24H29FN6O4. The molecular weight excluding hydrogens is 455 g/mol. The first-order valence-corrected chi connectivity index (χ1v) is 11.6. The molecule has 1 saturated heterocycles. The number of nitrogens with zero attached hydrogens (tertiary/aromatic N) is 4. The van der Waals surface area contributed by atoms with E-state index in [2.05, 4.69) is 25.6 Å². The number of allylic oxidation sites excluding steroid dienone is 1. The third-order valence-corrected chi connectivity index (χ3v) is 5.42. The van der Waals surface area contributed by atoms with Gasteiger partial charge < -0.3 is 20.1 Å². The van der Waals surface area contributed by atoms with E-state index in [9.17, 15) is 14.0 Å². The molecule has 1 aliphatic carbocycles. The molecule has 0 spiro atoms. The number of carbonyl (C=O) groups excluding carboxylic acids is 2. The predicted molar refractivity (Wildman–Crippen MR) is 127 cm³/mol. The van der Waals surface area contributed by atoms with Crippen LogP contribution in [0.1, 0.15) is 46.5 Å². The molecule has 0 aromatic carbocycles. The standard InChI is InChI=1S/C24H29FN6O4/c1-24(2,3)35-22(32)29-17-7-5-16(6-8-17)28-21-27-14-18(25)20(30-21)15-9-10-26-19(13-15)31-11-4-12-34-23(31)33/h5,9-10,13-14,17H,4,6-8,11-12H2,1-3H3,(H,29,32)(H,27,28,30)/t17-/m1/s1. The average Bonchev–Trinajstić information content (AvgIpc) is 2.81. The highest BCUT2D eigenvalue weighted by Crippen LogP contribution is 2.27. The Bertz CT molecular complexity index is 1130. The number of anilines is 2. The first-order valence-electron chi connectivity index (χ1n) is 11.6. The highest BCUT2D eigenvalue weighted by molar-refractivity contribution is 5.87. The van der Waals surface area contributed by atoms with Crippen LogP contribution in [0.5, 0.6) is 0 Å². The first-order chi connectivity index (χ1) is 16.7. The second-order valence-corrected chi connectivity index (χ2v) is 9.38. The van der Waals surface area contributed by atoms with Gasteiger partial charge in [0.15, 0.2) is 5.82 Å². The molecule has 1 aliphatic heterocycles. The van der Waals surface area contributed by atoms with Crippen LogP contribution in [0.15, 0.2) is 36.3 Å². The Kier molecular flexibility index (Phi) is 7.13. The lowest BCUT2D eigenvalue weighted by molar-refractivity contribution is 0.0501. The minimum absolute atomic E-state index is 0.0307. The fraction of sp³-hybridized carbons (Fsp3) is 0.458. The fourth-order valence-electron chi connectivity index (χ4n) is 3.80. The zero-order chi connectivity index (χ0) is 25.0. The zero-order valence-electron chi connectivity index (χ0n) is 20.0. The van der Waals surface area contributed by atoms with Gasteiger partial charge in [0.25, 0.3) is 0 Å². The van der Waals surface area contributed by atoms with Crippen LogP contribution in [0.3, 0.4) is 0 Å². The number of pyridine rings is 1. The summed E-state index contributed by atoms with van der Waals surface area (Å²) in [6.45, 7) is 6.31. The average molecular weight is 485 g/mol. The molecule has 2 amide bonds. The van der Waals surface area contributed by atoms with Crippen molar-refractivity contribution in [1.82, 2.24) is 20.3 Å². The Labute approximate surface area is 202 Å². The van der Waals surface area contributed by atoms with E-state index >= 15 is 0 Å². The van der Waals surface area contributed by atoms with Crippen molar-refractivity contribution >= 4 is 24.0 Å². The van der Waals surface area contributed by atoms with Crippen molar-refractivity contribution in [2.75, 3.05) is 23.4 Å². The second kappa shape index (κ2) is 10.2. The predicted octanol–water partition coefficient (Wildman–Crippen LogP) is 4.40. The van der Waals surface area contributed by atoms with Crippen LogP contribution < -0.4 is 15.5 Å². The monoisotopic (exact) mass is 484 g/mol. The van der Waals surface area contributed by atoms with Gasteiger partial charge in [-0.1, -0.05) is 6.08 Å². The van der Waals surface area contributed by atoms with Crippen molar-refractivity contribution in [2.24, 2.45) is 0 Å². The summed E-state index contributed by atoms with van der Waals surface area (Å²) in [7, 11) is 0. The summed E-state index contributed by atoms with van der Waals surface area (Å²) < 4.78 is 25.0. The van der Waals surface area contributed by atoms with E-state index in [-0.39, 0.29) is 17.7 Å². The molecule has 2 aliphatic rings. The van der Waals surface area contributed by atoms with Crippen LogP contribution in [0.4, 0.5) is 25.7 Å². The lowest BCUT2D eigenvalue weighted by Gasteiger charge is -2.26. The van der Waals surface area contributed by atoms with Gasteiger partial charge in [0.2, 0.25) is 5.95 Å². The molecule has 11 heteroatoms. The maximum atomic E-state index is 14.6. The number of alkyl carbamates (subject to hydrolysis) is 1. The molecule has 0 unspecified atom stereocenters. The number of nitrogens with one attached hydrogen (secondary N) is 2. The number of cyclic esters (lactones) is 1. The summed E-state index contributed by atoms with van der Waals surface area (Å²) in [6, 6.07) is 3.20. The quantitative estimate of drug-likeness (QED) is 0.641. The van der Waals surface area contributed by atoms with E-state index < -0.39 is 23.6 Å². The Morgan fingerprint density at radius 3 is 2.86 bits per heavy atom. The lowest BCUT2D eigenvalue weighted by Crippen LogP contribution is -2.40. The largest absolute Gasteiger partial charge is 0.449 e. The number of halogens is 1. The summed E-state index contributed by atoms with van der Waals surface area (Å²) in [6.07, 6.45) is 6.34. The summed E-state index contributed by atoms with van der Waals surface area (Å²) in [4.78, 5) is 38.1. The van der Waals surface area contributed by atoms with E-state index in [0.29, 0.717) is 50.2 Å². The van der Waals surface area contributed by atoms with Crippen molar-refractivity contribution in [3.8, 4) is 11.3 Å². The van der Waals surface area contributed by atoms with Crippen molar-refractivity contribution in [1.29, 1.82) is 0 Å². The van der Waals surface area contributed by atoms with Gasteiger partial charge in [-0.15, -0.1) is 0 Å².